The largest absolute Gasteiger partial charge is 0.374 e. The summed E-state index contributed by atoms with van der Waals surface area (Å²) in [7, 11) is 0. The summed E-state index contributed by atoms with van der Waals surface area (Å²) in [6.07, 6.45) is 0.0995. The number of halogens is 1. The van der Waals surface area contributed by atoms with Crippen molar-refractivity contribution in [1.82, 2.24) is 14.9 Å². The van der Waals surface area contributed by atoms with Gasteiger partial charge in [-0.1, -0.05) is 41.9 Å². The van der Waals surface area contributed by atoms with E-state index in [0.29, 0.717) is 17.5 Å². The minimum absolute atomic E-state index is 0.0995. The molecule has 3 N–H and O–H groups in total. The minimum atomic E-state index is 0.0995. The molecule has 0 bridgehead atoms. The number of hydrogen-bond acceptors (Lipinski definition) is 6. The molecule has 1 atom stereocenters. The van der Waals surface area contributed by atoms with Gasteiger partial charge in [-0.05, 0) is 5.56 Å². The van der Waals surface area contributed by atoms with Crippen LogP contribution in [0, 0.1) is 0 Å². The highest BCUT2D eigenvalue weighted by atomic mass is 35.5. The molecular weight excluding hydrogens is 314 g/mol. The zero-order valence-corrected chi connectivity index (χ0v) is 13.5. The summed E-state index contributed by atoms with van der Waals surface area (Å²) in [4.78, 5) is 10.3. The molecule has 1 aromatic heterocycles. The number of nitrogen functional groups attached to an aromatic ring is 1. The third kappa shape index (κ3) is 4.79. The van der Waals surface area contributed by atoms with Crippen molar-refractivity contribution in [2.24, 2.45) is 0 Å². The molecule has 23 heavy (non-hydrogen) atoms. The Morgan fingerprint density at radius 1 is 1.30 bits per heavy atom. The Kier molecular flexibility index (Phi) is 5.27. The fraction of sp³-hybridized carbons (Fsp3) is 0.375. The molecule has 1 saturated heterocycles. The molecule has 1 aliphatic heterocycles. The number of aromatic nitrogens is 2. The van der Waals surface area contributed by atoms with E-state index in [1.54, 1.807) is 6.07 Å². The molecule has 1 aromatic carbocycles. The number of benzene rings is 1. The van der Waals surface area contributed by atoms with Gasteiger partial charge in [0.05, 0.1) is 12.7 Å². The van der Waals surface area contributed by atoms with Crippen LogP contribution < -0.4 is 11.1 Å². The maximum atomic E-state index is 5.87. The highest BCUT2D eigenvalue weighted by Gasteiger charge is 2.20. The molecular formula is C16H20ClN5O. The number of hydrogen-bond donors (Lipinski definition) is 2. The predicted molar refractivity (Wildman–Crippen MR) is 91.4 cm³/mol. The molecule has 0 radical (unpaired) electrons. The summed E-state index contributed by atoms with van der Waals surface area (Å²) in [5, 5.41) is 3.54. The zero-order chi connectivity index (χ0) is 16.1. The molecule has 1 aliphatic rings. The number of ether oxygens (including phenoxy) is 1. The Morgan fingerprint density at radius 2 is 2.13 bits per heavy atom. The van der Waals surface area contributed by atoms with E-state index in [4.69, 9.17) is 22.1 Å². The van der Waals surface area contributed by atoms with Gasteiger partial charge in [0.2, 0.25) is 5.95 Å². The number of nitrogens with one attached hydrogen (secondary N) is 1. The Labute approximate surface area is 140 Å². The molecule has 0 unspecified atom stereocenters. The van der Waals surface area contributed by atoms with E-state index in [1.165, 1.54) is 5.56 Å². The molecule has 0 amide bonds. The van der Waals surface area contributed by atoms with Crippen LogP contribution in [0.1, 0.15) is 5.56 Å². The maximum absolute atomic E-state index is 5.87. The number of anilines is 2. The van der Waals surface area contributed by atoms with Crippen LogP contribution in [0.25, 0.3) is 0 Å². The lowest BCUT2D eigenvalue weighted by Crippen LogP contribution is -2.44. The van der Waals surface area contributed by atoms with Gasteiger partial charge in [0.1, 0.15) is 11.0 Å². The van der Waals surface area contributed by atoms with Crippen LogP contribution in [-0.4, -0.2) is 47.2 Å². The highest BCUT2D eigenvalue weighted by molar-refractivity contribution is 6.29. The quantitative estimate of drug-likeness (QED) is 0.815. The van der Waals surface area contributed by atoms with E-state index in [1.807, 2.05) is 6.07 Å². The van der Waals surface area contributed by atoms with Crippen molar-refractivity contribution in [3.63, 3.8) is 0 Å². The second-order valence-corrected chi connectivity index (χ2v) is 5.92. The van der Waals surface area contributed by atoms with Crippen molar-refractivity contribution in [2.45, 2.75) is 12.6 Å². The van der Waals surface area contributed by atoms with Gasteiger partial charge >= 0.3 is 0 Å². The standard InChI is InChI=1S/C16H20ClN5O/c17-14-8-15(21-16(18)20-14)19-9-13-11-22(6-7-23-13)10-12-4-2-1-3-5-12/h1-5,8,13H,6-7,9-11H2,(H3,18,19,20,21)/t13-/m0/s1. The first-order valence-corrected chi connectivity index (χ1v) is 7.98. The maximum Gasteiger partial charge on any atom is 0.223 e. The van der Waals surface area contributed by atoms with Gasteiger partial charge < -0.3 is 15.8 Å². The summed E-state index contributed by atoms with van der Waals surface area (Å²) in [6, 6.07) is 12.1. The first-order chi connectivity index (χ1) is 11.2. The van der Waals surface area contributed by atoms with E-state index in [9.17, 15) is 0 Å². The lowest BCUT2D eigenvalue weighted by Gasteiger charge is -2.33. The van der Waals surface area contributed by atoms with E-state index < -0.39 is 0 Å². The molecule has 0 spiro atoms. The average Bonchev–Trinajstić information content (AvgIpc) is 2.53. The highest BCUT2D eigenvalue weighted by Crippen LogP contribution is 2.14. The van der Waals surface area contributed by atoms with Crippen LogP contribution in [0.15, 0.2) is 36.4 Å². The Balaban J connectivity index is 1.52. The molecule has 6 nitrogen and oxygen atoms in total. The normalized spacial score (nSPS) is 18.7. The summed E-state index contributed by atoms with van der Waals surface area (Å²) in [5.41, 5.74) is 6.91. The Morgan fingerprint density at radius 3 is 2.91 bits per heavy atom. The van der Waals surface area contributed by atoms with Crippen molar-refractivity contribution >= 4 is 23.4 Å². The zero-order valence-electron chi connectivity index (χ0n) is 12.8. The van der Waals surface area contributed by atoms with Crippen LogP contribution in [-0.2, 0) is 11.3 Å². The lowest BCUT2D eigenvalue weighted by atomic mass is 10.2. The van der Waals surface area contributed by atoms with Gasteiger partial charge in [-0.25, -0.2) is 4.98 Å². The summed E-state index contributed by atoms with van der Waals surface area (Å²) in [5.74, 6) is 0.779. The van der Waals surface area contributed by atoms with Crippen LogP contribution in [0.5, 0.6) is 0 Å². The summed E-state index contributed by atoms with van der Waals surface area (Å²) in [6.45, 7) is 4.13. The minimum Gasteiger partial charge on any atom is -0.374 e. The SMILES string of the molecule is Nc1nc(Cl)cc(NC[C@H]2CN(Cc3ccccc3)CCO2)n1. The third-order valence-electron chi connectivity index (χ3n) is 3.69. The van der Waals surface area contributed by atoms with Crippen LogP contribution in [0.4, 0.5) is 11.8 Å². The van der Waals surface area contributed by atoms with E-state index in [-0.39, 0.29) is 12.1 Å². The summed E-state index contributed by atoms with van der Waals surface area (Å²) >= 11 is 5.87. The van der Waals surface area contributed by atoms with Crippen LogP contribution in [0.2, 0.25) is 5.15 Å². The van der Waals surface area contributed by atoms with Crippen LogP contribution >= 0.6 is 11.6 Å². The van der Waals surface area contributed by atoms with E-state index >= 15 is 0 Å². The Bertz CT molecular complexity index is 619. The summed E-state index contributed by atoms with van der Waals surface area (Å²) < 4.78 is 5.82. The van der Waals surface area contributed by atoms with Gasteiger partial charge in [0.15, 0.2) is 0 Å². The predicted octanol–water partition coefficient (Wildman–Crippen LogP) is 2.03. The van der Waals surface area contributed by atoms with Crippen molar-refractivity contribution < 1.29 is 4.74 Å². The van der Waals surface area contributed by atoms with Crippen molar-refractivity contribution in [2.75, 3.05) is 37.3 Å². The number of nitrogens with two attached hydrogens (primary N) is 1. The molecule has 3 rings (SSSR count). The third-order valence-corrected chi connectivity index (χ3v) is 3.89. The van der Waals surface area contributed by atoms with Gasteiger partial charge in [0, 0.05) is 32.2 Å². The molecule has 7 heteroatoms. The molecule has 2 aromatic rings. The smallest absolute Gasteiger partial charge is 0.223 e. The fourth-order valence-electron chi connectivity index (χ4n) is 2.63. The van der Waals surface area contributed by atoms with Gasteiger partial charge in [0.25, 0.3) is 0 Å². The van der Waals surface area contributed by atoms with Crippen molar-refractivity contribution in [1.29, 1.82) is 0 Å². The first kappa shape index (κ1) is 16.0. The molecule has 0 saturated carbocycles. The van der Waals surface area contributed by atoms with E-state index in [0.717, 1.165) is 26.2 Å². The fourth-order valence-corrected chi connectivity index (χ4v) is 2.82. The second-order valence-electron chi connectivity index (χ2n) is 5.53. The number of rotatable bonds is 5. The molecule has 1 fully saturated rings. The monoisotopic (exact) mass is 333 g/mol. The van der Waals surface area contributed by atoms with Crippen molar-refractivity contribution in [3.8, 4) is 0 Å². The van der Waals surface area contributed by atoms with Crippen molar-refractivity contribution in [3.05, 3.63) is 47.1 Å². The van der Waals surface area contributed by atoms with Gasteiger partial charge in [-0.3, -0.25) is 4.90 Å². The van der Waals surface area contributed by atoms with Gasteiger partial charge in [-0.2, -0.15) is 4.98 Å². The number of morpholine rings is 1. The molecule has 122 valence electrons. The molecule has 2 heterocycles. The van der Waals surface area contributed by atoms with Crippen LogP contribution in [0.3, 0.4) is 0 Å². The topological polar surface area (TPSA) is 76.3 Å². The lowest BCUT2D eigenvalue weighted by molar-refractivity contribution is -0.0240. The number of nitrogens with zero attached hydrogens (tertiary/aromatic N) is 3. The Hall–Kier alpha value is -1.89. The molecule has 0 aliphatic carbocycles. The second kappa shape index (κ2) is 7.59. The van der Waals surface area contributed by atoms with E-state index in [2.05, 4.69) is 44.5 Å². The first-order valence-electron chi connectivity index (χ1n) is 7.61. The average molecular weight is 334 g/mol. The van der Waals surface area contributed by atoms with Gasteiger partial charge in [-0.15, -0.1) is 0 Å².